The zero-order chi connectivity index (χ0) is 13.7. The molecule has 0 saturated carbocycles. The minimum absolute atomic E-state index is 0.677. The van der Waals surface area contributed by atoms with E-state index >= 15 is 0 Å². The molecule has 102 valence electrons. The average Bonchev–Trinajstić information content (AvgIpc) is 2.80. The summed E-state index contributed by atoms with van der Waals surface area (Å²) < 4.78 is 5.82. The molecule has 0 spiro atoms. The van der Waals surface area contributed by atoms with E-state index in [0.717, 1.165) is 23.7 Å². The predicted octanol–water partition coefficient (Wildman–Crippen LogP) is 3.10. The van der Waals surface area contributed by atoms with Gasteiger partial charge in [-0.2, -0.15) is 0 Å². The van der Waals surface area contributed by atoms with Gasteiger partial charge in [0.25, 0.3) is 0 Å². The van der Waals surface area contributed by atoms with Crippen LogP contribution in [0, 0.1) is 13.8 Å². The van der Waals surface area contributed by atoms with Gasteiger partial charge in [-0.1, -0.05) is 17.7 Å². The summed E-state index contributed by atoms with van der Waals surface area (Å²) in [5.74, 6) is 0.970. The van der Waals surface area contributed by atoms with Crippen LogP contribution in [0.1, 0.15) is 21.0 Å². The van der Waals surface area contributed by atoms with Gasteiger partial charge >= 0.3 is 0 Å². The third-order valence-corrected chi connectivity index (χ3v) is 3.91. The molecule has 3 nitrogen and oxygen atoms in total. The van der Waals surface area contributed by atoms with Gasteiger partial charge in [-0.15, -0.1) is 11.3 Å². The number of nitrogens with one attached hydrogen (secondary N) is 1. The van der Waals surface area contributed by atoms with Crippen LogP contribution in [0.4, 0.5) is 0 Å². The Balaban J connectivity index is 1.85. The van der Waals surface area contributed by atoms with Crippen molar-refractivity contribution in [1.29, 1.82) is 0 Å². The lowest BCUT2D eigenvalue weighted by atomic mass is 10.1. The lowest BCUT2D eigenvalue weighted by Crippen LogP contribution is -2.03. The fourth-order valence-electron chi connectivity index (χ4n) is 1.93. The maximum Gasteiger partial charge on any atom is 0.122 e. The number of aromatic nitrogens is 1. The highest BCUT2D eigenvalue weighted by Crippen LogP contribution is 2.19. The highest BCUT2D eigenvalue weighted by Gasteiger charge is 2.03. The van der Waals surface area contributed by atoms with Gasteiger partial charge in [0.15, 0.2) is 0 Å². The Morgan fingerprint density at radius 2 is 2.16 bits per heavy atom. The van der Waals surface area contributed by atoms with Gasteiger partial charge in [-0.25, -0.2) is 4.98 Å². The molecule has 0 unspecified atom stereocenters. The summed E-state index contributed by atoms with van der Waals surface area (Å²) in [6.07, 6.45) is 2.80. The molecule has 4 heteroatoms. The Morgan fingerprint density at radius 1 is 1.32 bits per heavy atom. The fourth-order valence-corrected chi connectivity index (χ4v) is 2.84. The quantitative estimate of drug-likeness (QED) is 0.880. The van der Waals surface area contributed by atoms with Crippen molar-refractivity contribution >= 4 is 11.3 Å². The van der Waals surface area contributed by atoms with Crippen LogP contribution in [-0.4, -0.2) is 18.6 Å². The van der Waals surface area contributed by atoms with E-state index in [1.165, 1.54) is 16.0 Å². The van der Waals surface area contributed by atoms with E-state index in [-0.39, 0.29) is 0 Å². The van der Waals surface area contributed by atoms with Crippen molar-refractivity contribution in [3.63, 3.8) is 0 Å². The van der Waals surface area contributed by atoms with Crippen LogP contribution in [0.5, 0.6) is 5.75 Å². The van der Waals surface area contributed by atoms with Crippen LogP contribution in [-0.2, 0) is 13.0 Å². The number of thiazole rings is 1. The Hall–Kier alpha value is -1.39. The molecule has 0 bridgehead atoms. The zero-order valence-corrected chi connectivity index (χ0v) is 12.5. The van der Waals surface area contributed by atoms with Crippen molar-refractivity contribution in [2.75, 3.05) is 13.7 Å². The van der Waals surface area contributed by atoms with Crippen LogP contribution in [0.3, 0.4) is 0 Å². The molecule has 19 heavy (non-hydrogen) atoms. The lowest BCUT2D eigenvalue weighted by molar-refractivity contribution is 0.319. The predicted molar refractivity (Wildman–Crippen MR) is 80.0 cm³/mol. The zero-order valence-electron chi connectivity index (χ0n) is 11.7. The van der Waals surface area contributed by atoms with Crippen LogP contribution in [0.15, 0.2) is 24.4 Å². The average molecular weight is 276 g/mol. The molecule has 0 radical (unpaired) electrons. The van der Waals surface area contributed by atoms with Crippen molar-refractivity contribution in [2.24, 2.45) is 0 Å². The molecule has 1 heterocycles. The number of benzene rings is 1. The van der Waals surface area contributed by atoms with Crippen LogP contribution in [0.2, 0.25) is 0 Å². The maximum absolute atomic E-state index is 5.82. The number of ether oxygens (including phenoxy) is 1. The van der Waals surface area contributed by atoms with Crippen LogP contribution < -0.4 is 10.1 Å². The number of rotatable bonds is 6. The van der Waals surface area contributed by atoms with Gasteiger partial charge in [0, 0.05) is 24.0 Å². The van der Waals surface area contributed by atoms with Crippen molar-refractivity contribution in [3.05, 3.63) is 45.4 Å². The minimum atomic E-state index is 0.677. The largest absolute Gasteiger partial charge is 0.493 e. The second-order valence-electron chi connectivity index (χ2n) is 4.62. The van der Waals surface area contributed by atoms with Gasteiger partial charge < -0.3 is 10.1 Å². The molecule has 2 aromatic rings. The van der Waals surface area contributed by atoms with Gasteiger partial charge in [0.2, 0.25) is 0 Å². The van der Waals surface area contributed by atoms with Crippen LogP contribution >= 0.6 is 11.3 Å². The second kappa shape index (κ2) is 6.68. The fraction of sp³-hybridized carbons (Fsp3) is 0.400. The standard InChI is InChI=1S/C15H20N2OS/c1-11-4-5-14(12(2)8-11)18-7-6-15-17-10-13(19-15)9-16-3/h4-5,8,10,16H,6-7,9H2,1-3H3. The molecular formula is C15H20N2OS. The molecule has 0 saturated heterocycles. The molecule has 2 rings (SSSR count). The molecular weight excluding hydrogens is 256 g/mol. The van der Waals surface area contributed by atoms with E-state index in [4.69, 9.17) is 4.74 Å². The Morgan fingerprint density at radius 3 is 2.89 bits per heavy atom. The molecule has 0 atom stereocenters. The van der Waals surface area contributed by atoms with Gasteiger partial charge in [0.05, 0.1) is 11.6 Å². The first-order valence-electron chi connectivity index (χ1n) is 6.47. The number of hydrogen-bond acceptors (Lipinski definition) is 4. The molecule has 1 aromatic heterocycles. The van der Waals surface area contributed by atoms with E-state index in [9.17, 15) is 0 Å². The number of nitrogens with zero attached hydrogens (tertiary/aromatic N) is 1. The number of hydrogen-bond donors (Lipinski definition) is 1. The summed E-state index contributed by atoms with van der Waals surface area (Å²) in [7, 11) is 1.95. The van der Waals surface area contributed by atoms with E-state index in [1.54, 1.807) is 11.3 Å². The smallest absolute Gasteiger partial charge is 0.122 e. The Kier molecular flexibility index (Phi) is 4.93. The monoisotopic (exact) mass is 276 g/mol. The first-order valence-corrected chi connectivity index (χ1v) is 7.29. The van der Waals surface area contributed by atoms with Gasteiger partial charge in [0.1, 0.15) is 5.75 Å². The maximum atomic E-state index is 5.82. The summed E-state index contributed by atoms with van der Waals surface area (Å²) >= 11 is 1.75. The van der Waals surface area contributed by atoms with Crippen LogP contribution in [0.25, 0.3) is 0 Å². The minimum Gasteiger partial charge on any atom is -0.493 e. The molecule has 1 N–H and O–H groups in total. The van der Waals surface area contributed by atoms with Crippen molar-refractivity contribution in [1.82, 2.24) is 10.3 Å². The van der Waals surface area contributed by atoms with E-state index in [2.05, 4.69) is 36.3 Å². The normalized spacial score (nSPS) is 10.7. The third-order valence-electron chi connectivity index (χ3n) is 2.86. The highest BCUT2D eigenvalue weighted by molar-refractivity contribution is 7.11. The van der Waals surface area contributed by atoms with Crippen molar-refractivity contribution in [3.8, 4) is 5.75 Å². The van der Waals surface area contributed by atoms with Gasteiger partial charge in [-0.05, 0) is 32.5 Å². The molecule has 0 aliphatic rings. The summed E-state index contributed by atoms with van der Waals surface area (Å²) in [4.78, 5) is 5.67. The first kappa shape index (κ1) is 14.0. The van der Waals surface area contributed by atoms with Crippen molar-refractivity contribution < 1.29 is 4.74 Å². The van der Waals surface area contributed by atoms with E-state index < -0.39 is 0 Å². The third kappa shape index (κ3) is 4.04. The Bertz CT molecular complexity index is 537. The van der Waals surface area contributed by atoms with E-state index in [0.29, 0.717) is 6.61 Å². The van der Waals surface area contributed by atoms with Gasteiger partial charge in [-0.3, -0.25) is 0 Å². The van der Waals surface area contributed by atoms with Crippen molar-refractivity contribution in [2.45, 2.75) is 26.8 Å². The SMILES string of the molecule is CNCc1cnc(CCOc2ccc(C)cc2C)s1. The summed E-state index contributed by atoms with van der Waals surface area (Å²) in [6, 6.07) is 6.26. The molecule has 0 fully saturated rings. The molecule has 0 amide bonds. The first-order chi connectivity index (χ1) is 9.19. The molecule has 0 aliphatic carbocycles. The topological polar surface area (TPSA) is 34.2 Å². The molecule has 1 aromatic carbocycles. The summed E-state index contributed by atoms with van der Waals surface area (Å²) in [5.41, 5.74) is 2.46. The summed E-state index contributed by atoms with van der Waals surface area (Å²) in [5, 5.41) is 4.27. The second-order valence-corrected chi connectivity index (χ2v) is 5.82. The molecule has 0 aliphatic heterocycles. The van der Waals surface area contributed by atoms with E-state index in [1.807, 2.05) is 19.3 Å². The Labute approximate surface area is 118 Å². The highest BCUT2D eigenvalue weighted by atomic mass is 32.1. The number of aryl methyl sites for hydroxylation is 2. The summed E-state index contributed by atoms with van der Waals surface area (Å²) in [6.45, 7) is 5.73. The lowest BCUT2D eigenvalue weighted by Gasteiger charge is -2.08.